The summed E-state index contributed by atoms with van der Waals surface area (Å²) in [5.41, 5.74) is 2.79. The van der Waals surface area contributed by atoms with E-state index in [-0.39, 0.29) is 11.8 Å². The molecule has 0 bridgehead atoms. The van der Waals surface area contributed by atoms with Crippen molar-refractivity contribution < 1.29 is 14.3 Å². The van der Waals surface area contributed by atoms with Gasteiger partial charge in [-0.2, -0.15) is 5.21 Å². The number of hydrogen-bond acceptors (Lipinski definition) is 6. The molecule has 0 fully saturated rings. The number of nitrogens with one attached hydrogen (secondary N) is 2. The first-order chi connectivity index (χ1) is 13.2. The first kappa shape index (κ1) is 17.0. The number of rotatable bonds is 5. The highest BCUT2D eigenvalue weighted by molar-refractivity contribution is 5.79. The quantitative estimate of drug-likeness (QED) is 0.714. The van der Waals surface area contributed by atoms with Crippen LogP contribution in [0.3, 0.4) is 0 Å². The lowest BCUT2D eigenvalue weighted by molar-refractivity contribution is -0.126. The SMILES string of the molecule is COc1cccc2c1OCC(C(=O)NCc1cccc(-c3nn[nH]n3)c1)C2. The molecule has 1 aliphatic rings. The highest BCUT2D eigenvalue weighted by Crippen LogP contribution is 2.36. The number of hydrogen-bond donors (Lipinski definition) is 2. The molecule has 0 saturated carbocycles. The van der Waals surface area contributed by atoms with Crippen molar-refractivity contribution in [3.05, 3.63) is 53.6 Å². The number of para-hydroxylation sites is 1. The van der Waals surface area contributed by atoms with Crippen LogP contribution in [0, 0.1) is 5.92 Å². The van der Waals surface area contributed by atoms with Crippen LogP contribution in [0.25, 0.3) is 11.4 Å². The summed E-state index contributed by atoms with van der Waals surface area (Å²) in [6, 6.07) is 13.4. The van der Waals surface area contributed by atoms with Gasteiger partial charge in [-0.1, -0.05) is 30.3 Å². The molecule has 0 saturated heterocycles. The van der Waals surface area contributed by atoms with Crippen LogP contribution in [0.5, 0.6) is 11.5 Å². The smallest absolute Gasteiger partial charge is 0.227 e. The summed E-state index contributed by atoms with van der Waals surface area (Å²) in [5, 5.41) is 16.9. The van der Waals surface area contributed by atoms with Crippen LogP contribution in [-0.4, -0.2) is 40.2 Å². The second kappa shape index (κ2) is 7.45. The van der Waals surface area contributed by atoms with Gasteiger partial charge in [0.15, 0.2) is 11.5 Å². The molecule has 0 aliphatic carbocycles. The molecule has 8 nitrogen and oxygen atoms in total. The Morgan fingerprint density at radius 3 is 3.04 bits per heavy atom. The van der Waals surface area contributed by atoms with Crippen molar-refractivity contribution in [3.8, 4) is 22.9 Å². The van der Waals surface area contributed by atoms with Crippen molar-refractivity contribution >= 4 is 5.91 Å². The number of benzene rings is 2. The van der Waals surface area contributed by atoms with Crippen molar-refractivity contribution in [2.45, 2.75) is 13.0 Å². The monoisotopic (exact) mass is 365 g/mol. The zero-order valence-electron chi connectivity index (χ0n) is 14.8. The van der Waals surface area contributed by atoms with Gasteiger partial charge in [-0.3, -0.25) is 4.79 Å². The van der Waals surface area contributed by atoms with E-state index < -0.39 is 0 Å². The Bertz CT molecular complexity index is 942. The Morgan fingerprint density at radius 2 is 2.22 bits per heavy atom. The topological polar surface area (TPSA) is 102 Å². The van der Waals surface area contributed by atoms with Crippen LogP contribution in [0.2, 0.25) is 0 Å². The minimum atomic E-state index is -0.231. The second-order valence-electron chi connectivity index (χ2n) is 6.31. The molecule has 1 aromatic heterocycles. The van der Waals surface area contributed by atoms with Gasteiger partial charge >= 0.3 is 0 Å². The van der Waals surface area contributed by atoms with E-state index in [4.69, 9.17) is 9.47 Å². The minimum Gasteiger partial charge on any atom is -0.493 e. The number of carbonyl (C=O) groups is 1. The third-order valence-electron chi connectivity index (χ3n) is 4.54. The van der Waals surface area contributed by atoms with E-state index in [1.165, 1.54) is 0 Å². The number of aromatic amines is 1. The standard InChI is InChI=1S/C19H19N5O3/c1-26-16-7-3-5-13-9-15(11-27-17(13)16)19(25)20-10-12-4-2-6-14(8-12)18-21-23-24-22-18/h2-8,15H,9-11H2,1H3,(H,20,25)(H,21,22,23,24). The van der Waals surface area contributed by atoms with Crippen molar-refractivity contribution in [3.63, 3.8) is 0 Å². The van der Waals surface area contributed by atoms with Crippen molar-refractivity contribution in [1.29, 1.82) is 0 Å². The van der Waals surface area contributed by atoms with E-state index in [1.54, 1.807) is 7.11 Å². The second-order valence-corrected chi connectivity index (χ2v) is 6.31. The average Bonchev–Trinajstić information content (AvgIpc) is 3.26. The molecular weight excluding hydrogens is 346 g/mol. The average molecular weight is 365 g/mol. The van der Waals surface area contributed by atoms with Crippen molar-refractivity contribution in [2.75, 3.05) is 13.7 Å². The Balaban J connectivity index is 1.40. The lowest BCUT2D eigenvalue weighted by atomic mass is 9.95. The fraction of sp³-hybridized carbons (Fsp3) is 0.263. The number of H-pyrrole nitrogens is 1. The van der Waals surface area contributed by atoms with Crippen LogP contribution in [0.15, 0.2) is 42.5 Å². The lowest BCUT2D eigenvalue weighted by Gasteiger charge is -2.25. The van der Waals surface area contributed by atoms with Gasteiger partial charge in [0, 0.05) is 12.1 Å². The van der Waals surface area contributed by atoms with Crippen molar-refractivity contribution in [1.82, 2.24) is 25.9 Å². The molecule has 1 amide bonds. The number of nitrogens with zero attached hydrogens (tertiary/aromatic N) is 3. The third-order valence-corrected chi connectivity index (χ3v) is 4.54. The van der Waals surface area contributed by atoms with Gasteiger partial charge in [-0.05, 0) is 34.9 Å². The van der Waals surface area contributed by atoms with Gasteiger partial charge in [-0.25, -0.2) is 0 Å². The summed E-state index contributed by atoms with van der Waals surface area (Å²) in [6.45, 7) is 0.758. The molecule has 1 unspecified atom stereocenters. The molecule has 3 aromatic rings. The molecule has 2 aromatic carbocycles. The molecular formula is C19H19N5O3. The van der Waals surface area contributed by atoms with E-state index in [9.17, 15) is 4.79 Å². The van der Waals surface area contributed by atoms with Crippen LogP contribution in [0.1, 0.15) is 11.1 Å². The predicted octanol–water partition coefficient (Wildman–Crippen LogP) is 1.74. The van der Waals surface area contributed by atoms with Crippen molar-refractivity contribution in [2.24, 2.45) is 5.92 Å². The number of ether oxygens (including phenoxy) is 2. The summed E-state index contributed by atoms with van der Waals surface area (Å²) in [7, 11) is 1.61. The van der Waals surface area contributed by atoms with E-state index in [0.29, 0.717) is 31.1 Å². The van der Waals surface area contributed by atoms with Gasteiger partial charge in [0.2, 0.25) is 11.7 Å². The molecule has 0 spiro atoms. The van der Waals surface area contributed by atoms with E-state index in [0.717, 1.165) is 22.4 Å². The molecule has 138 valence electrons. The number of carbonyl (C=O) groups excluding carboxylic acids is 1. The largest absolute Gasteiger partial charge is 0.493 e. The van der Waals surface area contributed by atoms with E-state index >= 15 is 0 Å². The summed E-state index contributed by atoms with van der Waals surface area (Å²) >= 11 is 0. The number of methoxy groups -OCH3 is 1. The molecule has 2 N–H and O–H groups in total. The fourth-order valence-electron chi connectivity index (χ4n) is 3.16. The zero-order valence-corrected chi connectivity index (χ0v) is 14.8. The minimum absolute atomic E-state index is 0.0339. The molecule has 0 radical (unpaired) electrons. The van der Waals surface area contributed by atoms with Gasteiger partial charge in [0.25, 0.3) is 0 Å². The molecule has 2 heterocycles. The summed E-state index contributed by atoms with van der Waals surface area (Å²) in [6.07, 6.45) is 0.626. The van der Waals surface area contributed by atoms with Crippen LogP contribution >= 0.6 is 0 Å². The van der Waals surface area contributed by atoms with Crippen LogP contribution in [0.4, 0.5) is 0 Å². The fourth-order valence-corrected chi connectivity index (χ4v) is 3.16. The van der Waals surface area contributed by atoms with Gasteiger partial charge < -0.3 is 14.8 Å². The summed E-state index contributed by atoms with van der Waals surface area (Å²) in [5.74, 6) is 1.69. The Hall–Kier alpha value is -3.42. The lowest BCUT2D eigenvalue weighted by Crippen LogP contribution is -2.37. The van der Waals surface area contributed by atoms with Crippen LogP contribution < -0.4 is 14.8 Å². The zero-order chi connectivity index (χ0) is 18.6. The first-order valence-electron chi connectivity index (χ1n) is 8.63. The Morgan fingerprint density at radius 1 is 1.33 bits per heavy atom. The van der Waals surface area contributed by atoms with Gasteiger partial charge in [0.1, 0.15) is 6.61 Å². The number of tetrazole rings is 1. The molecule has 4 rings (SSSR count). The predicted molar refractivity (Wildman–Crippen MR) is 97.1 cm³/mol. The number of fused-ring (bicyclic) bond motifs is 1. The summed E-state index contributed by atoms with van der Waals surface area (Å²) in [4.78, 5) is 12.6. The molecule has 8 heteroatoms. The maximum absolute atomic E-state index is 12.6. The maximum Gasteiger partial charge on any atom is 0.227 e. The first-order valence-corrected chi connectivity index (χ1v) is 8.63. The highest BCUT2D eigenvalue weighted by atomic mass is 16.5. The summed E-state index contributed by atoms with van der Waals surface area (Å²) < 4.78 is 11.1. The van der Waals surface area contributed by atoms with E-state index in [1.807, 2.05) is 42.5 Å². The molecule has 1 atom stereocenters. The normalized spacial score (nSPS) is 15.5. The van der Waals surface area contributed by atoms with Gasteiger partial charge in [-0.15, -0.1) is 10.2 Å². The van der Waals surface area contributed by atoms with Gasteiger partial charge in [0.05, 0.1) is 13.0 Å². The van der Waals surface area contributed by atoms with E-state index in [2.05, 4.69) is 25.9 Å². The molecule has 1 aliphatic heterocycles. The number of aromatic nitrogens is 4. The highest BCUT2D eigenvalue weighted by Gasteiger charge is 2.27. The third kappa shape index (κ3) is 3.59. The maximum atomic E-state index is 12.6. The Labute approximate surface area is 155 Å². The molecule has 27 heavy (non-hydrogen) atoms. The van der Waals surface area contributed by atoms with Crippen LogP contribution in [-0.2, 0) is 17.8 Å². The number of amides is 1. The Kier molecular flexibility index (Phi) is 4.69.